The van der Waals surface area contributed by atoms with E-state index in [0.29, 0.717) is 12.0 Å². The van der Waals surface area contributed by atoms with Gasteiger partial charge in [0.05, 0.1) is 12.2 Å². The molecule has 0 aromatic heterocycles. The van der Waals surface area contributed by atoms with Crippen molar-refractivity contribution < 1.29 is 41.7 Å². The fraction of sp³-hybridized carbons (Fsp3) is 0.778. The van der Waals surface area contributed by atoms with E-state index in [-0.39, 0.29) is 42.4 Å². The summed E-state index contributed by atoms with van der Waals surface area (Å²) in [4.78, 5) is 0. The molecular weight excluding hydrogens is 486 g/mol. The maximum atomic E-state index is 13.0. The predicted octanol–water partition coefficient (Wildman–Crippen LogP) is 6.79. The summed E-state index contributed by atoms with van der Waals surface area (Å²) in [5.41, 5.74) is -2.08. The molecule has 3 aliphatic carbocycles. The van der Waals surface area contributed by atoms with E-state index in [0.717, 1.165) is 37.7 Å². The third-order valence-electron chi connectivity index (χ3n) is 9.12. The molecule has 0 spiro atoms. The molecule has 3 fully saturated rings. The average molecular weight is 525 g/mol. The van der Waals surface area contributed by atoms with Gasteiger partial charge in [0.1, 0.15) is 0 Å². The van der Waals surface area contributed by atoms with Gasteiger partial charge in [0.25, 0.3) is 5.60 Å². The molecular formula is C27H38F6O3. The highest BCUT2D eigenvalue weighted by molar-refractivity contribution is 5.38. The summed E-state index contributed by atoms with van der Waals surface area (Å²) < 4.78 is 78.1. The van der Waals surface area contributed by atoms with Gasteiger partial charge in [0.2, 0.25) is 0 Å². The molecule has 0 aromatic carbocycles. The van der Waals surface area contributed by atoms with Crippen LogP contribution in [-0.4, -0.2) is 45.5 Å². The second-order valence-corrected chi connectivity index (χ2v) is 11.4. The minimum atomic E-state index is -5.77. The van der Waals surface area contributed by atoms with Crippen molar-refractivity contribution in [2.24, 2.45) is 23.2 Å². The fourth-order valence-corrected chi connectivity index (χ4v) is 7.00. The molecule has 1 unspecified atom stereocenters. The Balaban J connectivity index is 1.69. The second-order valence-electron chi connectivity index (χ2n) is 11.4. The van der Waals surface area contributed by atoms with E-state index in [2.05, 4.69) is 19.6 Å². The predicted molar refractivity (Wildman–Crippen MR) is 125 cm³/mol. The lowest BCUT2D eigenvalue weighted by atomic mass is 9.60. The standard InChI is InChI=1S/C27H38F6O3/c1-16(6-4-13-25(36,26(28,29)30)27(31,32)33)21-10-11-22-18(7-5-12-24(21,22)3)8-9-19-14-20(34)15-23(35)17(19)2/h8-9,16,20-23,34-36H,2,4-7,10-15H2,1,3H3/b18-8+,19-9-/t16?,20-,21-,22+,23+,24-/m1/s1. The number of hydrogen-bond donors (Lipinski definition) is 3. The number of halogens is 6. The Morgan fingerprint density at radius 3 is 2.33 bits per heavy atom. The minimum absolute atomic E-state index is 0.0770. The van der Waals surface area contributed by atoms with Crippen LogP contribution in [0.5, 0.6) is 0 Å². The van der Waals surface area contributed by atoms with Crippen molar-refractivity contribution in [2.75, 3.05) is 0 Å². The molecule has 0 amide bonds. The van der Waals surface area contributed by atoms with Crippen LogP contribution in [-0.2, 0) is 0 Å². The molecule has 3 nitrogen and oxygen atoms in total. The molecule has 206 valence electrons. The number of aliphatic hydroxyl groups is 3. The second kappa shape index (κ2) is 10.4. The molecule has 3 aliphatic rings. The van der Waals surface area contributed by atoms with E-state index < -0.39 is 36.6 Å². The maximum absolute atomic E-state index is 13.0. The van der Waals surface area contributed by atoms with E-state index in [1.54, 1.807) is 0 Å². The number of aliphatic hydroxyl groups excluding tert-OH is 2. The van der Waals surface area contributed by atoms with Gasteiger partial charge in [-0.3, -0.25) is 0 Å². The molecule has 9 heteroatoms. The molecule has 0 radical (unpaired) electrons. The van der Waals surface area contributed by atoms with Gasteiger partial charge in [-0.05, 0) is 85.7 Å². The van der Waals surface area contributed by atoms with Crippen LogP contribution in [0.2, 0.25) is 0 Å². The summed E-state index contributed by atoms with van der Waals surface area (Å²) in [6, 6.07) is 0. The van der Waals surface area contributed by atoms with Gasteiger partial charge < -0.3 is 15.3 Å². The molecule has 6 atom stereocenters. The first kappa shape index (κ1) is 29.2. The Bertz CT molecular complexity index is 860. The van der Waals surface area contributed by atoms with Crippen molar-refractivity contribution in [3.05, 3.63) is 35.5 Å². The van der Waals surface area contributed by atoms with Crippen molar-refractivity contribution in [1.82, 2.24) is 0 Å². The van der Waals surface area contributed by atoms with E-state index >= 15 is 0 Å². The first-order valence-corrected chi connectivity index (χ1v) is 12.8. The van der Waals surface area contributed by atoms with Gasteiger partial charge in [-0.1, -0.05) is 44.6 Å². The summed E-state index contributed by atoms with van der Waals surface area (Å²) >= 11 is 0. The highest BCUT2D eigenvalue weighted by atomic mass is 19.4. The Kier molecular flexibility index (Phi) is 8.48. The summed E-state index contributed by atoms with van der Waals surface area (Å²) in [7, 11) is 0. The first-order chi connectivity index (χ1) is 16.5. The average Bonchev–Trinajstić information content (AvgIpc) is 3.11. The van der Waals surface area contributed by atoms with Gasteiger partial charge >= 0.3 is 12.4 Å². The Morgan fingerprint density at radius 1 is 1.08 bits per heavy atom. The van der Waals surface area contributed by atoms with Crippen molar-refractivity contribution in [2.45, 2.75) is 108 Å². The molecule has 3 N–H and O–H groups in total. The molecule has 0 aliphatic heterocycles. The fourth-order valence-electron chi connectivity index (χ4n) is 7.00. The highest BCUT2D eigenvalue weighted by Gasteiger charge is 2.69. The quantitative estimate of drug-likeness (QED) is 0.336. The van der Waals surface area contributed by atoms with Gasteiger partial charge in [-0.15, -0.1) is 0 Å². The molecule has 0 aromatic rings. The van der Waals surface area contributed by atoms with Crippen LogP contribution in [0.4, 0.5) is 26.3 Å². The van der Waals surface area contributed by atoms with Crippen molar-refractivity contribution in [3.8, 4) is 0 Å². The lowest BCUT2D eigenvalue weighted by molar-refractivity contribution is -0.370. The third-order valence-corrected chi connectivity index (χ3v) is 9.12. The molecule has 0 bridgehead atoms. The Morgan fingerprint density at radius 2 is 1.72 bits per heavy atom. The lowest BCUT2D eigenvalue weighted by Crippen LogP contribution is -2.56. The van der Waals surface area contributed by atoms with E-state index in [1.807, 2.05) is 13.0 Å². The third kappa shape index (κ3) is 5.58. The molecule has 3 saturated carbocycles. The van der Waals surface area contributed by atoms with E-state index in [4.69, 9.17) is 0 Å². The van der Waals surface area contributed by atoms with Gasteiger partial charge in [-0.25, -0.2) is 0 Å². The highest BCUT2D eigenvalue weighted by Crippen LogP contribution is 2.60. The van der Waals surface area contributed by atoms with Gasteiger partial charge in [0, 0.05) is 6.42 Å². The summed E-state index contributed by atoms with van der Waals surface area (Å²) in [5, 5.41) is 29.5. The van der Waals surface area contributed by atoms with Gasteiger partial charge in [-0.2, -0.15) is 26.3 Å². The molecule has 0 saturated heterocycles. The van der Waals surface area contributed by atoms with E-state index in [9.17, 15) is 41.7 Å². The maximum Gasteiger partial charge on any atom is 0.426 e. The SMILES string of the molecule is C=C1/C(=C\C=C2/CCC[C@]3(C)[C@@H](C(C)CCCC(O)(C(F)(F)F)C(F)(F)F)CC[C@@H]23)C[C@@H](O)C[C@@H]1O. The van der Waals surface area contributed by atoms with Crippen LogP contribution >= 0.6 is 0 Å². The number of alkyl halides is 6. The number of rotatable bonds is 6. The number of hydrogen-bond acceptors (Lipinski definition) is 3. The van der Waals surface area contributed by atoms with Gasteiger partial charge in [0.15, 0.2) is 0 Å². The van der Waals surface area contributed by atoms with Crippen LogP contribution in [0.3, 0.4) is 0 Å². The molecule has 0 heterocycles. The van der Waals surface area contributed by atoms with Crippen LogP contribution in [0.1, 0.15) is 78.1 Å². The Labute approximate surface area is 209 Å². The minimum Gasteiger partial charge on any atom is -0.393 e. The van der Waals surface area contributed by atoms with Crippen LogP contribution in [0, 0.1) is 23.2 Å². The van der Waals surface area contributed by atoms with E-state index in [1.165, 1.54) is 5.57 Å². The van der Waals surface area contributed by atoms with Crippen molar-refractivity contribution in [3.63, 3.8) is 0 Å². The first-order valence-electron chi connectivity index (χ1n) is 12.8. The van der Waals surface area contributed by atoms with Crippen LogP contribution in [0.15, 0.2) is 35.5 Å². The normalized spacial score (nSPS) is 35.4. The number of allylic oxidation sites excluding steroid dienone is 3. The zero-order valence-electron chi connectivity index (χ0n) is 20.9. The van der Waals surface area contributed by atoms with Crippen molar-refractivity contribution in [1.29, 1.82) is 0 Å². The summed E-state index contributed by atoms with van der Waals surface area (Å²) in [6.45, 7) is 8.03. The van der Waals surface area contributed by atoms with Crippen molar-refractivity contribution >= 4 is 0 Å². The van der Waals surface area contributed by atoms with Crippen LogP contribution < -0.4 is 0 Å². The molecule has 36 heavy (non-hydrogen) atoms. The monoisotopic (exact) mass is 524 g/mol. The lowest BCUT2D eigenvalue weighted by Gasteiger charge is -2.44. The smallest absolute Gasteiger partial charge is 0.393 e. The Hall–Kier alpha value is -1.32. The largest absolute Gasteiger partial charge is 0.426 e. The molecule has 3 rings (SSSR count). The zero-order chi connectivity index (χ0) is 27.1. The summed E-state index contributed by atoms with van der Waals surface area (Å²) in [5.74, 6) is 0.355. The van der Waals surface area contributed by atoms with Crippen LogP contribution in [0.25, 0.3) is 0 Å². The summed E-state index contributed by atoms with van der Waals surface area (Å²) in [6.07, 6.45) is -5.24. The topological polar surface area (TPSA) is 60.7 Å². The number of fused-ring (bicyclic) bond motifs is 1. The zero-order valence-corrected chi connectivity index (χ0v) is 20.9.